The zero-order valence-electron chi connectivity index (χ0n) is 8.61. The van der Waals surface area contributed by atoms with Crippen LogP contribution in [0.5, 0.6) is 0 Å². The van der Waals surface area contributed by atoms with E-state index < -0.39 is 0 Å². The van der Waals surface area contributed by atoms with E-state index in [0.29, 0.717) is 6.04 Å². The van der Waals surface area contributed by atoms with E-state index in [-0.39, 0.29) is 0 Å². The van der Waals surface area contributed by atoms with Crippen LogP contribution in [0.15, 0.2) is 16.8 Å². The van der Waals surface area contributed by atoms with Gasteiger partial charge in [-0.2, -0.15) is 11.3 Å². The van der Waals surface area contributed by atoms with Gasteiger partial charge in [0.1, 0.15) is 0 Å². The second kappa shape index (κ2) is 4.94. The SMILES string of the molecule is NC1CCCCCC1Cc1ccsc1. The molecule has 14 heavy (non-hydrogen) atoms. The van der Waals surface area contributed by atoms with Crippen molar-refractivity contribution >= 4 is 11.3 Å². The van der Waals surface area contributed by atoms with Crippen molar-refractivity contribution in [3.05, 3.63) is 22.4 Å². The fourth-order valence-electron chi connectivity index (χ4n) is 2.38. The first-order chi connectivity index (χ1) is 6.86. The van der Waals surface area contributed by atoms with Crippen molar-refractivity contribution in [2.24, 2.45) is 11.7 Å². The Labute approximate surface area is 90.3 Å². The van der Waals surface area contributed by atoms with Gasteiger partial charge < -0.3 is 5.73 Å². The lowest BCUT2D eigenvalue weighted by Crippen LogP contribution is -2.30. The molecular formula is C12H19NS. The van der Waals surface area contributed by atoms with Crippen LogP contribution in [0.2, 0.25) is 0 Å². The molecule has 0 saturated heterocycles. The van der Waals surface area contributed by atoms with Gasteiger partial charge in [0, 0.05) is 6.04 Å². The van der Waals surface area contributed by atoms with Gasteiger partial charge >= 0.3 is 0 Å². The number of thiophene rings is 1. The van der Waals surface area contributed by atoms with Crippen LogP contribution in [0.1, 0.15) is 37.7 Å². The van der Waals surface area contributed by atoms with Gasteiger partial charge in [-0.05, 0) is 47.6 Å². The zero-order valence-corrected chi connectivity index (χ0v) is 9.43. The minimum absolute atomic E-state index is 0.442. The Kier molecular flexibility index (Phi) is 3.60. The molecule has 1 aromatic rings. The highest BCUT2D eigenvalue weighted by atomic mass is 32.1. The molecule has 0 aliphatic heterocycles. The van der Waals surface area contributed by atoms with Crippen LogP contribution in [-0.2, 0) is 6.42 Å². The average Bonchev–Trinajstić information content (AvgIpc) is 2.60. The molecule has 0 bridgehead atoms. The first-order valence-corrected chi connectivity index (χ1v) is 6.57. The van der Waals surface area contributed by atoms with E-state index in [1.54, 1.807) is 11.3 Å². The quantitative estimate of drug-likeness (QED) is 0.744. The summed E-state index contributed by atoms with van der Waals surface area (Å²) in [5.41, 5.74) is 7.68. The molecule has 0 spiro atoms. The summed E-state index contributed by atoms with van der Waals surface area (Å²) in [6, 6.07) is 2.68. The molecule has 0 radical (unpaired) electrons. The standard InChI is InChI=1S/C12H19NS/c13-12-5-3-1-2-4-11(12)8-10-6-7-14-9-10/h6-7,9,11-12H,1-5,8,13H2. The number of hydrogen-bond donors (Lipinski definition) is 1. The van der Waals surface area contributed by atoms with Gasteiger partial charge in [-0.3, -0.25) is 0 Å². The summed E-state index contributed by atoms with van der Waals surface area (Å²) in [5.74, 6) is 0.729. The summed E-state index contributed by atoms with van der Waals surface area (Å²) in [5, 5.41) is 4.43. The Balaban J connectivity index is 1.94. The van der Waals surface area contributed by atoms with Crippen LogP contribution in [0.4, 0.5) is 0 Å². The fourth-order valence-corrected chi connectivity index (χ4v) is 3.06. The Morgan fingerprint density at radius 1 is 1.29 bits per heavy atom. The molecule has 1 aliphatic rings. The first-order valence-electron chi connectivity index (χ1n) is 5.63. The molecule has 1 saturated carbocycles. The molecule has 2 rings (SSSR count). The molecule has 1 nitrogen and oxygen atoms in total. The minimum Gasteiger partial charge on any atom is -0.327 e. The Bertz CT molecular complexity index is 255. The molecule has 2 unspecified atom stereocenters. The molecule has 2 N–H and O–H groups in total. The third kappa shape index (κ3) is 2.58. The normalized spacial score (nSPS) is 28.6. The van der Waals surface area contributed by atoms with Crippen LogP contribution < -0.4 is 5.73 Å². The molecule has 2 atom stereocenters. The average molecular weight is 209 g/mol. The van der Waals surface area contributed by atoms with E-state index in [2.05, 4.69) is 16.8 Å². The largest absolute Gasteiger partial charge is 0.327 e. The molecule has 0 aromatic carbocycles. The predicted octanol–water partition coefficient (Wildman–Crippen LogP) is 3.20. The van der Waals surface area contributed by atoms with Gasteiger partial charge in [0.15, 0.2) is 0 Å². The van der Waals surface area contributed by atoms with Gasteiger partial charge in [-0.1, -0.05) is 19.3 Å². The molecule has 1 heterocycles. The molecular weight excluding hydrogens is 190 g/mol. The van der Waals surface area contributed by atoms with Crippen LogP contribution in [0.3, 0.4) is 0 Å². The number of rotatable bonds is 2. The van der Waals surface area contributed by atoms with Crippen molar-refractivity contribution in [1.82, 2.24) is 0 Å². The number of nitrogens with two attached hydrogens (primary N) is 1. The molecule has 78 valence electrons. The number of hydrogen-bond acceptors (Lipinski definition) is 2. The van der Waals surface area contributed by atoms with Crippen molar-refractivity contribution in [2.75, 3.05) is 0 Å². The van der Waals surface area contributed by atoms with E-state index in [1.165, 1.54) is 44.1 Å². The van der Waals surface area contributed by atoms with E-state index in [4.69, 9.17) is 5.73 Å². The highest BCUT2D eigenvalue weighted by Gasteiger charge is 2.20. The molecule has 1 aromatic heterocycles. The fraction of sp³-hybridized carbons (Fsp3) is 0.667. The predicted molar refractivity (Wildman–Crippen MR) is 62.6 cm³/mol. The second-order valence-electron chi connectivity index (χ2n) is 4.40. The highest BCUT2D eigenvalue weighted by Crippen LogP contribution is 2.25. The molecule has 0 amide bonds. The lowest BCUT2D eigenvalue weighted by Gasteiger charge is -2.20. The zero-order chi connectivity index (χ0) is 9.80. The van der Waals surface area contributed by atoms with Gasteiger partial charge in [0.05, 0.1) is 0 Å². The maximum absolute atomic E-state index is 6.20. The van der Waals surface area contributed by atoms with Gasteiger partial charge in [-0.15, -0.1) is 0 Å². The summed E-state index contributed by atoms with van der Waals surface area (Å²) < 4.78 is 0. The van der Waals surface area contributed by atoms with Gasteiger partial charge in [0.25, 0.3) is 0 Å². The van der Waals surface area contributed by atoms with Crippen LogP contribution in [0.25, 0.3) is 0 Å². The van der Waals surface area contributed by atoms with Gasteiger partial charge in [0.2, 0.25) is 0 Å². The van der Waals surface area contributed by atoms with Crippen molar-refractivity contribution in [1.29, 1.82) is 0 Å². The topological polar surface area (TPSA) is 26.0 Å². The molecule has 1 aliphatic carbocycles. The van der Waals surface area contributed by atoms with Crippen molar-refractivity contribution in [3.8, 4) is 0 Å². The smallest absolute Gasteiger partial charge is 0.00703 e. The summed E-state index contributed by atoms with van der Waals surface area (Å²) in [6.45, 7) is 0. The van der Waals surface area contributed by atoms with Crippen molar-refractivity contribution < 1.29 is 0 Å². The van der Waals surface area contributed by atoms with Crippen LogP contribution in [0, 0.1) is 5.92 Å². The van der Waals surface area contributed by atoms with E-state index in [9.17, 15) is 0 Å². The lowest BCUT2D eigenvalue weighted by molar-refractivity contribution is 0.396. The van der Waals surface area contributed by atoms with E-state index >= 15 is 0 Å². The second-order valence-corrected chi connectivity index (χ2v) is 5.18. The first kappa shape index (κ1) is 10.2. The Morgan fingerprint density at radius 3 is 2.93 bits per heavy atom. The monoisotopic (exact) mass is 209 g/mol. The molecule has 2 heteroatoms. The Morgan fingerprint density at radius 2 is 2.14 bits per heavy atom. The molecule has 1 fully saturated rings. The van der Waals surface area contributed by atoms with Crippen molar-refractivity contribution in [3.63, 3.8) is 0 Å². The maximum Gasteiger partial charge on any atom is 0.00703 e. The summed E-state index contributed by atoms with van der Waals surface area (Å²) in [6.07, 6.45) is 7.86. The highest BCUT2D eigenvalue weighted by molar-refractivity contribution is 7.07. The third-order valence-electron chi connectivity index (χ3n) is 3.30. The van der Waals surface area contributed by atoms with Crippen LogP contribution in [-0.4, -0.2) is 6.04 Å². The minimum atomic E-state index is 0.442. The summed E-state index contributed by atoms with van der Waals surface area (Å²) >= 11 is 1.79. The van der Waals surface area contributed by atoms with Crippen LogP contribution >= 0.6 is 11.3 Å². The van der Waals surface area contributed by atoms with E-state index in [0.717, 1.165) is 5.92 Å². The lowest BCUT2D eigenvalue weighted by atomic mass is 9.90. The summed E-state index contributed by atoms with van der Waals surface area (Å²) in [4.78, 5) is 0. The van der Waals surface area contributed by atoms with E-state index in [1.807, 2.05) is 0 Å². The maximum atomic E-state index is 6.20. The van der Waals surface area contributed by atoms with Crippen molar-refractivity contribution in [2.45, 2.75) is 44.6 Å². The third-order valence-corrected chi connectivity index (χ3v) is 4.03. The van der Waals surface area contributed by atoms with Gasteiger partial charge in [-0.25, -0.2) is 0 Å². The summed E-state index contributed by atoms with van der Waals surface area (Å²) in [7, 11) is 0. The Hall–Kier alpha value is -0.340.